The van der Waals surface area contributed by atoms with Crippen LogP contribution in [0.2, 0.25) is 0 Å². The van der Waals surface area contributed by atoms with Gasteiger partial charge < -0.3 is 15.3 Å². The van der Waals surface area contributed by atoms with Gasteiger partial charge in [-0.1, -0.05) is 56.1 Å². The Bertz CT molecular complexity index is 438. The van der Waals surface area contributed by atoms with Crippen molar-refractivity contribution in [3.63, 3.8) is 0 Å². The van der Waals surface area contributed by atoms with Crippen molar-refractivity contribution in [2.24, 2.45) is 0 Å². The Balaban J connectivity index is -0.000000245. The quantitative estimate of drug-likeness (QED) is 0.727. The molecular formula is C18H24O6. The van der Waals surface area contributed by atoms with Gasteiger partial charge in [0.25, 0.3) is 0 Å². The summed E-state index contributed by atoms with van der Waals surface area (Å²) in [5.74, 6) is -2.81. The summed E-state index contributed by atoms with van der Waals surface area (Å²) in [6.45, 7) is 13.8. The van der Waals surface area contributed by atoms with Gasteiger partial charge in [-0.05, 0) is 20.8 Å². The molecule has 3 N–H and O–H groups in total. The van der Waals surface area contributed by atoms with E-state index in [2.05, 4.69) is 19.7 Å². The number of hydrogen-bond donors (Lipinski definition) is 3. The molecule has 0 radical (unpaired) electrons. The minimum absolute atomic E-state index is 0.176. The number of aliphatic carboxylic acids is 3. The fourth-order valence-corrected chi connectivity index (χ4v) is 0.385. The maximum Gasteiger partial charge on any atom is 0.330 e. The van der Waals surface area contributed by atoms with Crippen LogP contribution in [0, 0.1) is 0 Å². The van der Waals surface area contributed by atoms with Gasteiger partial charge in [0, 0.05) is 16.7 Å². The first-order chi connectivity index (χ1) is 10.9. The summed E-state index contributed by atoms with van der Waals surface area (Å²) in [7, 11) is 0. The van der Waals surface area contributed by atoms with E-state index < -0.39 is 17.9 Å². The highest BCUT2D eigenvalue weighted by molar-refractivity contribution is 5.85. The van der Waals surface area contributed by atoms with Gasteiger partial charge in [-0.2, -0.15) is 0 Å². The zero-order valence-corrected chi connectivity index (χ0v) is 14.2. The van der Waals surface area contributed by atoms with Crippen molar-refractivity contribution < 1.29 is 29.7 Å². The second-order valence-electron chi connectivity index (χ2n) is 4.41. The first kappa shape index (κ1) is 25.8. The highest BCUT2D eigenvalue weighted by atomic mass is 16.4. The van der Waals surface area contributed by atoms with Gasteiger partial charge >= 0.3 is 17.9 Å². The third kappa shape index (κ3) is 27.2. The molecule has 1 aromatic rings. The van der Waals surface area contributed by atoms with Crippen LogP contribution in [0.4, 0.5) is 0 Å². The van der Waals surface area contributed by atoms with Gasteiger partial charge in [0.15, 0.2) is 0 Å². The molecule has 0 heterocycles. The van der Waals surface area contributed by atoms with Crippen LogP contribution < -0.4 is 0 Å². The van der Waals surface area contributed by atoms with E-state index in [9.17, 15) is 14.4 Å². The number of carboxylic acids is 3. The molecule has 1 aromatic carbocycles. The Labute approximate surface area is 142 Å². The van der Waals surface area contributed by atoms with Crippen molar-refractivity contribution in [1.29, 1.82) is 0 Å². The monoisotopic (exact) mass is 336 g/mol. The molecule has 0 saturated heterocycles. The third-order valence-electron chi connectivity index (χ3n) is 1.76. The lowest BCUT2D eigenvalue weighted by atomic mass is 10.4. The summed E-state index contributed by atoms with van der Waals surface area (Å²) in [6.07, 6.45) is 0. The first-order valence-electron chi connectivity index (χ1n) is 6.59. The number of benzene rings is 1. The summed E-state index contributed by atoms with van der Waals surface area (Å²) in [5, 5.41) is 23.7. The molecular weight excluding hydrogens is 312 g/mol. The van der Waals surface area contributed by atoms with Crippen LogP contribution in [0.1, 0.15) is 20.8 Å². The summed E-state index contributed by atoms with van der Waals surface area (Å²) in [4.78, 5) is 28.8. The van der Waals surface area contributed by atoms with Gasteiger partial charge in [-0.15, -0.1) is 0 Å². The fourth-order valence-electron chi connectivity index (χ4n) is 0.385. The van der Waals surface area contributed by atoms with Gasteiger partial charge in [-0.25, -0.2) is 14.4 Å². The molecule has 6 heteroatoms. The second kappa shape index (κ2) is 16.2. The molecule has 0 atom stereocenters. The molecule has 0 fully saturated rings. The van der Waals surface area contributed by atoms with Gasteiger partial charge in [0.1, 0.15) is 0 Å². The summed E-state index contributed by atoms with van der Waals surface area (Å²) in [5.41, 5.74) is 0.528. The van der Waals surface area contributed by atoms with Gasteiger partial charge in [0.2, 0.25) is 0 Å². The van der Waals surface area contributed by atoms with Crippen LogP contribution >= 0.6 is 0 Å². The molecule has 0 aliphatic carbocycles. The van der Waals surface area contributed by atoms with Gasteiger partial charge in [0.05, 0.1) is 0 Å². The summed E-state index contributed by atoms with van der Waals surface area (Å²) < 4.78 is 0. The van der Waals surface area contributed by atoms with Crippen LogP contribution in [-0.4, -0.2) is 33.2 Å². The lowest BCUT2D eigenvalue weighted by Crippen LogP contribution is -1.92. The molecule has 6 nitrogen and oxygen atoms in total. The lowest BCUT2D eigenvalue weighted by molar-refractivity contribution is -0.133. The molecule has 0 spiro atoms. The number of carbonyl (C=O) groups is 3. The third-order valence-corrected chi connectivity index (χ3v) is 1.76. The van der Waals surface area contributed by atoms with Gasteiger partial charge in [-0.3, -0.25) is 0 Å². The Morgan fingerprint density at radius 2 is 0.625 bits per heavy atom. The molecule has 0 amide bonds. The number of hydrogen-bond acceptors (Lipinski definition) is 3. The highest BCUT2D eigenvalue weighted by Crippen LogP contribution is 1.82. The summed E-state index contributed by atoms with van der Waals surface area (Å²) in [6, 6.07) is 12.0. The topological polar surface area (TPSA) is 112 Å². The lowest BCUT2D eigenvalue weighted by Gasteiger charge is -1.79. The van der Waals surface area contributed by atoms with Crippen LogP contribution in [0.5, 0.6) is 0 Å². The molecule has 0 aliphatic rings. The number of carboxylic acid groups (broad SMARTS) is 3. The molecule has 0 aromatic heterocycles. The highest BCUT2D eigenvalue weighted by Gasteiger charge is 1.91. The maximum absolute atomic E-state index is 9.60. The molecule has 132 valence electrons. The largest absolute Gasteiger partial charge is 0.478 e. The first-order valence-corrected chi connectivity index (χ1v) is 6.59. The Kier molecular flexibility index (Phi) is 17.4. The molecule has 0 aliphatic heterocycles. The minimum atomic E-state index is -0.935. The predicted molar refractivity (Wildman–Crippen MR) is 93.8 cm³/mol. The zero-order chi connectivity index (χ0) is 19.7. The van der Waals surface area contributed by atoms with E-state index in [4.69, 9.17) is 15.3 Å². The Morgan fingerprint density at radius 1 is 0.542 bits per heavy atom. The minimum Gasteiger partial charge on any atom is -0.478 e. The molecule has 0 saturated carbocycles. The van der Waals surface area contributed by atoms with Crippen LogP contribution in [0.15, 0.2) is 72.9 Å². The van der Waals surface area contributed by atoms with Crippen molar-refractivity contribution in [1.82, 2.24) is 0 Å². The second-order valence-corrected chi connectivity index (χ2v) is 4.41. The van der Waals surface area contributed by atoms with Crippen molar-refractivity contribution in [2.75, 3.05) is 0 Å². The SMILES string of the molecule is C=C(C)C(=O)O.C=C(C)C(=O)O.C=C(C)C(=O)O.c1ccccc1. The van der Waals surface area contributed by atoms with Crippen molar-refractivity contribution >= 4 is 17.9 Å². The van der Waals surface area contributed by atoms with Crippen molar-refractivity contribution in [3.05, 3.63) is 72.9 Å². The van der Waals surface area contributed by atoms with E-state index >= 15 is 0 Å². The van der Waals surface area contributed by atoms with E-state index in [1.807, 2.05) is 36.4 Å². The predicted octanol–water partition coefficient (Wildman–Crippen LogP) is 3.63. The summed E-state index contributed by atoms with van der Waals surface area (Å²) >= 11 is 0. The van der Waals surface area contributed by atoms with E-state index in [0.29, 0.717) is 0 Å². The normalized spacial score (nSPS) is 7.62. The average molecular weight is 336 g/mol. The Morgan fingerprint density at radius 3 is 0.667 bits per heavy atom. The van der Waals surface area contributed by atoms with E-state index in [-0.39, 0.29) is 16.7 Å². The Hall–Kier alpha value is -3.15. The molecule has 0 unspecified atom stereocenters. The molecule has 1 rings (SSSR count). The van der Waals surface area contributed by atoms with Crippen LogP contribution in [0.3, 0.4) is 0 Å². The van der Waals surface area contributed by atoms with Crippen LogP contribution in [-0.2, 0) is 14.4 Å². The van der Waals surface area contributed by atoms with Crippen molar-refractivity contribution in [2.45, 2.75) is 20.8 Å². The molecule has 24 heavy (non-hydrogen) atoms. The smallest absolute Gasteiger partial charge is 0.330 e. The average Bonchev–Trinajstić information content (AvgIpc) is 2.50. The molecule has 0 bridgehead atoms. The zero-order valence-electron chi connectivity index (χ0n) is 14.2. The van der Waals surface area contributed by atoms with E-state index in [0.717, 1.165) is 0 Å². The van der Waals surface area contributed by atoms with E-state index in [1.54, 1.807) is 0 Å². The standard InChI is InChI=1S/C6H6.3C4H6O2/c1-2-4-6-5-3-1;3*1-3(2)4(5)6/h1-6H;3*1H2,2H3,(H,5,6). The number of rotatable bonds is 3. The van der Waals surface area contributed by atoms with E-state index in [1.165, 1.54) is 20.8 Å². The maximum atomic E-state index is 9.60. The van der Waals surface area contributed by atoms with Crippen LogP contribution in [0.25, 0.3) is 0 Å². The fraction of sp³-hybridized carbons (Fsp3) is 0.167. The van der Waals surface area contributed by atoms with Crippen molar-refractivity contribution in [3.8, 4) is 0 Å².